The Morgan fingerprint density at radius 2 is 1.85 bits per heavy atom. The van der Waals surface area contributed by atoms with Crippen LogP contribution in [0.25, 0.3) is 10.6 Å². The van der Waals surface area contributed by atoms with Crippen molar-refractivity contribution in [3.05, 3.63) is 65.2 Å². The second kappa shape index (κ2) is 11.6. The van der Waals surface area contributed by atoms with Gasteiger partial charge in [-0.2, -0.15) is 13.2 Å². The Morgan fingerprint density at radius 1 is 1.09 bits per heavy atom. The third-order valence-corrected chi connectivity index (χ3v) is 5.33. The van der Waals surface area contributed by atoms with Gasteiger partial charge in [0, 0.05) is 18.1 Å². The first-order valence-corrected chi connectivity index (χ1v) is 10.9. The zero-order valence-corrected chi connectivity index (χ0v) is 18.9. The molecule has 1 N–H and O–H groups in total. The predicted molar refractivity (Wildman–Crippen MR) is 120 cm³/mol. The molecule has 0 fully saturated rings. The molecule has 0 bridgehead atoms. The summed E-state index contributed by atoms with van der Waals surface area (Å²) in [6.07, 6.45) is -4.76. The van der Waals surface area contributed by atoms with Crippen molar-refractivity contribution in [3.63, 3.8) is 0 Å². The number of thiazole rings is 1. The minimum Gasteiger partial charge on any atom is -0.489 e. The predicted octanol–water partition coefficient (Wildman–Crippen LogP) is 4.58. The lowest BCUT2D eigenvalue weighted by Crippen LogP contribution is -2.22. The first-order chi connectivity index (χ1) is 16.3. The average Bonchev–Trinajstić information content (AvgIpc) is 3.27. The van der Waals surface area contributed by atoms with Gasteiger partial charge in [0.1, 0.15) is 17.4 Å². The Labute approximate surface area is 197 Å². The fourth-order valence-electron chi connectivity index (χ4n) is 2.80. The molecule has 180 valence electrons. The number of anilines is 1. The molecule has 0 saturated heterocycles. The molecule has 7 nitrogen and oxygen atoms in total. The van der Waals surface area contributed by atoms with E-state index in [9.17, 15) is 22.8 Å². The van der Waals surface area contributed by atoms with Crippen LogP contribution in [0.2, 0.25) is 0 Å². The van der Waals surface area contributed by atoms with Crippen LogP contribution in [-0.2, 0) is 31.7 Å². The van der Waals surface area contributed by atoms with Crippen LogP contribution >= 0.6 is 11.3 Å². The fraction of sp³-hybridized carbons (Fsp3) is 0.261. The molecule has 2 aromatic carbocycles. The van der Waals surface area contributed by atoms with Crippen LogP contribution in [0.5, 0.6) is 5.75 Å². The zero-order chi connectivity index (χ0) is 24.6. The van der Waals surface area contributed by atoms with E-state index in [1.54, 1.807) is 5.38 Å². The molecule has 0 aliphatic rings. The standard InChI is InChI=1S/C23H21F3N2O5S/c1-31-9-10-32-19-8-7-16(23(24,25)26)11-18(19)28-20(29)13-33-21(30)12-17-14-34-22(27-17)15-5-3-2-4-6-15/h2-8,11,14H,9-10,12-13H2,1H3,(H,28,29). The number of hydrogen-bond acceptors (Lipinski definition) is 7. The van der Waals surface area contributed by atoms with Crippen LogP contribution in [0.1, 0.15) is 11.3 Å². The van der Waals surface area contributed by atoms with Crippen molar-refractivity contribution >= 4 is 28.9 Å². The van der Waals surface area contributed by atoms with Crippen LogP contribution in [0.4, 0.5) is 18.9 Å². The molecular formula is C23H21F3N2O5S. The average molecular weight is 494 g/mol. The van der Waals surface area contributed by atoms with Crippen molar-refractivity contribution < 1.29 is 37.0 Å². The van der Waals surface area contributed by atoms with E-state index in [4.69, 9.17) is 14.2 Å². The van der Waals surface area contributed by atoms with E-state index in [0.717, 1.165) is 28.8 Å². The van der Waals surface area contributed by atoms with Gasteiger partial charge in [0.15, 0.2) is 6.61 Å². The Bertz CT molecular complexity index is 1120. The second-order valence-corrected chi connectivity index (χ2v) is 7.80. The van der Waals surface area contributed by atoms with E-state index in [0.29, 0.717) is 5.69 Å². The Morgan fingerprint density at radius 3 is 2.56 bits per heavy atom. The lowest BCUT2D eigenvalue weighted by molar-refractivity contribution is -0.146. The largest absolute Gasteiger partial charge is 0.489 e. The quantitative estimate of drug-likeness (QED) is 0.328. The molecule has 3 aromatic rings. The van der Waals surface area contributed by atoms with Crippen molar-refractivity contribution in [2.45, 2.75) is 12.6 Å². The zero-order valence-electron chi connectivity index (χ0n) is 18.1. The number of halogens is 3. The van der Waals surface area contributed by atoms with Gasteiger partial charge in [-0.05, 0) is 18.2 Å². The highest BCUT2D eigenvalue weighted by Gasteiger charge is 2.31. The minimum atomic E-state index is -4.61. The summed E-state index contributed by atoms with van der Waals surface area (Å²) < 4.78 is 54.4. The number of ether oxygens (including phenoxy) is 3. The maximum atomic E-state index is 13.1. The summed E-state index contributed by atoms with van der Waals surface area (Å²) >= 11 is 1.37. The normalized spacial score (nSPS) is 11.2. The topological polar surface area (TPSA) is 86.8 Å². The fourth-order valence-corrected chi connectivity index (χ4v) is 3.62. The second-order valence-electron chi connectivity index (χ2n) is 6.95. The molecule has 0 radical (unpaired) electrons. The van der Waals surface area contributed by atoms with Crippen LogP contribution in [-0.4, -0.2) is 43.8 Å². The number of alkyl halides is 3. The first kappa shape index (κ1) is 25.2. The Balaban J connectivity index is 1.57. The smallest absolute Gasteiger partial charge is 0.416 e. The minimum absolute atomic E-state index is 0.0284. The van der Waals surface area contributed by atoms with Crippen molar-refractivity contribution in [1.29, 1.82) is 0 Å². The van der Waals surface area contributed by atoms with E-state index < -0.39 is 30.2 Å². The van der Waals surface area contributed by atoms with E-state index in [1.807, 2.05) is 30.3 Å². The number of amides is 1. The summed E-state index contributed by atoms with van der Waals surface area (Å²) in [5.74, 6) is -1.48. The molecule has 0 spiro atoms. The number of methoxy groups -OCH3 is 1. The number of hydrogen-bond donors (Lipinski definition) is 1. The molecule has 1 amide bonds. The maximum absolute atomic E-state index is 13.1. The van der Waals surface area contributed by atoms with Crippen LogP contribution < -0.4 is 10.1 Å². The van der Waals surface area contributed by atoms with Crippen LogP contribution in [0, 0.1) is 0 Å². The molecule has 0 aliphatic heterocycles. The third-order valence-electron chi connectivity index (χ3n) is 4.39. The maximum Gasteiger partial charge on any atom is 0.416 e. The lowest BCUT2D eigenvalue weighted by atomic mass is 10.1. The first-order valence-electron chi connectivity index (χ1n) is 10.0. The molecule has 1 heterocycles. The molecule has 0 unspecified atom stereocenters. The highest BCUT2D eigenvalue weighted by molar-refractivity contribution is 7.13. The van der Waals surface area contributed by atoms with Gasteiger partial charge in [0.25, 0.3) is 5.91 Å². The number of esters is 1. The van der Waals surface area contributed by atoms with Crippen molar-refractivity contribution in [3.8, 4) is 16.3 Å². The lowest BCUT2D eigenvalue weighted by Gasteiger charge is -2.15. The number of carbonyl (C=O) groups is 2. The summed E-state index contributed by atoms with van der Waals surface area (Å²) in [6.45, 7) is -0.408. The number of carbonyl (C=O) groups excluding carboxylic acids is 2. The van der Waals surface area contributed by atoms with Gasteiger partial charge in [-0.1, -0.05) is 30.3 Å². The van der Waals surface area contributed by atoms with Gasteiger partial charge < -0.3 is 19.5 Å². The number of nitrogens with zero attached hydrogens (tertiary/aromatic N) is 1. The molecule has 11 heteroatoms. The molecule has 1 aromatic heterocycles. The summed E-state index contributed by atoms with van der Waals surface area (Å²) in [7, 11) is 1.45. The highest BCUT2D eigenvalue weighted by Crippen LogP contribution is 2.35. The molecule has 34 heavy (non-hydrogen) atoms. The number of nitrogens with one attached hydrogen (secondary N) is 1. The molecule has 3 rings (SSSR count). The summed E-state index contributed by atoms with van der Waals surface area (Å²) in [4.78, 5) is 28.7. The monoisotopic (exact) mass is 494 g/mol. The van der Waals surface area contributed by atoms with Gasteiger partial charge in [-0.25, -0.2) is 4.98 Å². The summed E-state index contributed by atoms with van der Waals surface area (Å²) in [5.41, 5.74) is 0.243. The van der Waals surface area contributed by atoms with E-state index in [-0.39, 0.29) is 31.1 Å². The molecule has 0 aliphatic carbocycles. The van der Waals surface area contributed by atoms with Gasteiger partial charge in [0.2, 0.25) is 0 Å². The van der Waals surface area contributed by atoms with Gasteiger partial charge >= 0.3 is 12.1 Å². The van der Waals surface area contributed by atoms with Gasteiger partial charge in [-0.3, -0.25) is 9.59 Å². The van der Waals surface area contributed by atoms with Crippen LogP contribution in [0.3, 0.4) is 0 Å². The number of benzene rings is 2. The summed E-state index contributed by atoms with van der Waals surface area (Å²) in [6, 6.07) is 12.1. The molecule has 0 saturated carbocycles. The number of aromatic nitrogens is 1. The number of rotatable bonds is 10. The highest BCUT2D eigenvalue weighted by atomic mass is 32.1. The summed E-state index contributed by atoms with van der Waals surface area (Å²) in [5, 5.41) is 4.76. The van der Waals surface area contributed by atoms with E-state index in [2.05, 4.69) is 10.3 Å². The Hall–Kier alpha value is -3.44. The molecule has 0 atom stereocenters. The van der Waals surface area contributed by atoms with E-state index >= 15 is 0 Å². The molecular weight excluding hydrogens is 473 g/mol. The Kier molecular flexibility index (Phi) is 8.61. The van der Waals surface area contributed by atoms with Crippen molar-refractivity contribution in [2.75, 3.05) is 32.2 Å². The van der Waals surface area contributed by atoms with Crippen molar-refractivity contribution in [1.82, 2.24) is 4.98 Å². The van der Waals surface area contributed by atoms with Gasteiger partial charge in [0.05, 0.1) is 30.0 Å². The third kappa shape index (κ3) is 7.29. The van der Waals surface area contributed by atoms with Crippen LogP contribution in [0.15, 0.2) is 53.9 Å². The van der Waals surface area contributed by atoms with E-state index in [1.165, 1.54) is 18.4 Å². The van der Waals surface area contributed by atoms with Crippen molar-refractivity contribution in [2.24, 2.45) is 0 Å². The van der Waals surface area contributed by atoms with Gasteiger partial charge in [-0.15, -0.1) is 11.3 Å². The SMILES string of the molecule is COCCOc1ccc(C(F)(F)F)cc1NC(=O)COC(=O)Cc1csc(-c2ccccc2)n1.